The van der Waals surface area contributed by atoms with Gasteiger partial charge in [-0.1, -0.05) is 50.6 Å². The van der Waals surface area contributed by atoms with Crippen molar-refractivity contribution in [3.05, 3.63) is 35.9 Å². The minimum absolute atomic E-state index is 0.0573. The Morgan fingerprint density at radius 3 is 2.29 bits per heavy atom. The Bertz CT molecular complexity index is 638. The highest BCUT2D eigenvalue weighted by Crippen LogP contribution is 2.12. The van der Waals surface area contributed by atoms with Crippen LogP contribution in [0.1, 0.15) is 53.0 Å². The number of carbonyl (C=O) groups excluding carboxylic acids is 3. The Morgan fingerprint density at radius 2 is 1.71 bits per heavy atom. The van der Waals surface area contributed by atoms with Gasteiger partial charge >= 0.3 is 18.0 Å². The van der Waals surface area contributed by atoms with E-state index in [1.54, 1.807) is 20.8 Å². The number of benzene rings is 1. The Labute approximate surface area is 166 Å². The fourth-order valence-electron chi connectivity index (χ4n) is 2.24. The first kappa shape index (κ1) is 23.5. The molecule has 0 aliphatic heterocycles. The molecule has 1 N–H and O–H groups in total. The minimum Gasteiger partial charge on any atom is -0.464 e. The van der Waals surface area contributed by atoms with Crippen LogP contribution in [0.15, 0.2) is 30.3 Å². The Morgan fingerprint density at radius 1 is 1.07 bits per heavy atom. The van der Waals surface area contributed by atoms with Gasteiger partial charge in [0.15, 0.2) is 0 Å². The van der Waals surface area contributed by atoms with Gasteiger partial charge in [-0.3, -0.25) is 4.79 Å². The number of rotatable bonds is 9. The van der Waals surface area contributed by atoms with Crippen molar-refractivity contribution in [1.29, 1.82) is 0 Å². The minimum atomic E-state index is -0.847. The molecule has 0 heterocycles. The molecular formula is C21H31NO6. The summed E-state index contributed by atoms with van der Waals surface area (Å²) in [5, 5.41) is 2.56. The molecule has 1 amide bonds. The molecule has 0 aromatic heterocycles. The van der Waals surface area contributed by atoms with E-state index in [0.29, 0.717) is 6.42 Å². The molecule has 1 aromatic rings. The second-order valence-corrected chi connectivity index (χ2v) is 7.57. The van der Waals surface area contributed by atoms with E-state index in [1.165, 1.54) is 0 Å². The van der Waals surface area contributed by atoms with Crippen LogP contribution in [-0.2, 0) is 30.4 Å². The van der Waals surface area contributed by atoms with Crippen LogP contribution < -0.4 is 5.32 Å². The van der Waals surface area contributed by atoms with E-state index in [2.05, 4.69) is 5.32 Å². The van der Waals surface area contributed by atoms with Gasteiger partial charge in [0.05, 0.1) is 6.42 Å². The lowest BCUT2D eigenvalue weighted by Gasteiger charge is -2.25. The fourth-order valence-corrected chi connectivity index (χ4v) is 2.24. The number of esters is 2. The molecule has 0 fully saturated rings. The summed E-state index contributed by atoms with van der Waals surface area (Å²) in [5.41, 5.74) is 0.211. The molecule has 28 heavy (non-hydrogen) atoms. The van der Waals surface area contributed by atoms with Gasteiger partial charge in [-0.2, -0.15) is 0 Å². The highest BCUT2D eigenvalue weighted by Gasteiger charge is 2.29. The van der Waals surface area contributed by atoms with Gasteiger partial charge in [-0.25, -0.2) is 9.59 Å². The summed E-state index contributed by atoms with van der Waals surface area (Å²) in [5.74, 6) is -1.21. The number of hydrogen-bond acceptors (Lipinski definition) is 6. The zero-order valence-corrected chi connectivity index (χ0v) is 17.3. The lowest BCUT2D eigenvalue weighted by Crippen LogP contribution is -2.47. The molecule has 156 valence electrons. The van der Waals surface area contributed by atoms with E-state index in [1.807, 2.05) is 44.2 Å². The first-order valence-corrected chi connectivity index (χ1v) is 9.48. The normalized spacial score (nSPS) is 13.2. The van der Waals surface area contributed by atoms with Crippen LogP contribution in [0.5, 0.6) is 0 Å². The van der Waals surface area contributed by atoms with Crippen molar-refractivity contribution in [3.63, 3.8) is 0 Å². The van der Waals surface area contributed by atoms with Crippen LogP contribution in [0.25, 0.3) is 0 Å². The molecule has 0 saturated carbocycles. The van der Waals surface area contributed by atoms with E-state index in [0.717, 1.165) is 5.56 Å². The van der Waals surface area contributed by atoms with Gasteiger partial charge < -0.3 is 19.5 Å². The van der Waals surface area contributed by atoms with E-state index in [9.17, 15) is 14.4 Å². The molecule has 1 aromatic carbocycles. The topological polar surface area (TPSA) is 90.9 Å². The van der Waals surface area contributed by atoms with E-state index < -0.39 is 29.7 Å². The van der Waals surface area contributed by atoms with Crippen LogP contribution in [0, 0.1) is 5.92 Å². The number of amides is 1. The third-order valence-corrected chi connectivity index (χ3v) is 3.93. The van der Waals surface area contributed by atoms with Crippen molar-refractivity contribution < 1.29 is 28.6 Å². The molecule has 7 nitrogen and oxygen atoms in total. The Balaban J connectivity index is 2.45. The average molecular weight is 393 g/mol. The van der Waals surface area contributed by atoms with Crippen molar-refractivity contribution in [2.45, 2.75) is 65.7 Å². The summed E-state index contributed by atoms with van der Waals surface area (Å²) in [6.07, 6.45) is -0.0792. The third kappa shape index (κ3) is 9.39. The predicted octanol–water partition coefficient (Wildman–Crippen LogP) is 3.60. The molecule has 0 aliphatic rings. The molecule has 0 spiro atoms. The quantitative estimate of drug-likeness (QED) is 0.509. The smallest absolute Gasteiger partial charge is 0.408 e. The molecule has 0 saturated heterocycles. The van der Waals surface area contributed by atoms with Crippen LogP contribution in [0.4, 0.5) is 4.79 Å². The summed E-state index contributed by atoms with van der Waals surface area (Å²) in [6, 6.07) is 8.46. The van der Waals surface area contributed by atoms with Gasteiger partial charge in [0, 0.05) is 0 Å². The van der Waals surface area contributed by atoms with Crippen molar-refractivity contribution in [1.82, 2.24) is 5.32 Å². The van der Waals surface area contributed by atoms with Crippen LogP contribution in [-0.4, -0.2) is 36.3 Å². The molecule has 0 unspecified atom stereocenters. The number of carbonyl (C=O) groups is 3. The van der Waals surface area contributed by atoms with Gasteiger partial charge in [-0.15, -0.1) is 0 Å². The second kappa shape index (κ2) is 11.3. The average Bonchev–Trinajstić information content (AvgIpc) is 2.63. The summed E-state index contributed by atoms with van der Waals surface area (Å²) in [6.45, 7) is 9.01. The summed E-state index contributed by atoms with van der Waals surface area (Å²) >= 11 is 0. The van der Waals surface area contributed by atoms with Crippen molar-refractivity contribution >= 4 is 18.0 Å². The van der Waals surface area contributed by atoms with Crippen molar-refractivity contribution in [2.75, 3.05) is 6.61 Å². The molecule has 0 radical (unpaired) electrons. The highest BCUT2D eigenvalue weighted by atomic mass is 16.6. The maximum atomic E-state index is 12.4. The molecule has 1 rings (SSSR count). The van der Waals surface area contributed by atoms with E-state index in [-0.39, 0.29) is 25.6 Å². The van der Waals surface area contributed by atoms with Gasteiger partial charge in [0.2, 0.25) is 0 Å². The second-order valence-electron chi connectivity index (χ2n) is 7.57. The lowest BCUT2D eigenvalue weighted by atomic mass is 9.99. The summed E-state index contributed by atoms with van der Waals surface area (Å²) in [4.78, 5) is 36.1. The van der Waals surface area contributed by atoms with Crippen LogP contribution in [0.2, 0.25) is 0 Å². The molecule has 0 bridgehead atoms. The van der Waals surface area contributed by atoms with Crippen molar-refractivity contribution in [2.24, 2.45) is 5.92 Å². The summed E-state index contributed by atoms with van der Waals surface area (Å²) < 4.78 is 15.5. The molecule has 2 atom stereocenters. The third-order valence-electron chi connectivity index (χ3n) is 3.93. The fraction of sp³-hybridized carbons (Fsp3) is 0.571. The Kier molecular flexibility index (Phi) is 9.48. The Hall–Kier alpha value is -2.57. The number of nitrogens with one attached hydrogen (secondary N) is 1. The number of ether oxygens (including phenoxy) is 3. The predicted molar refractivity (Wildman–Crippen MR) is 104 cm³/mol. The number of alkyl carbamates (subject to hydrolysis) is 1. The van der Waals surface area contributed by atoms with Crippen LogP contribution in [0.3, 0.4) is 0 Å². The molecule has 7 heteroatoms. The molecular weight excluding hydrogens is 362 g/mol. The first-order chi connectivity index (χ1) is 13.1. The lowest BCUT2D eigenvalue weighted by molar-refractivity contribution is -0.152. The molecule has 0 aliphatic carbocycles. The van der Waals surface area contributed by atoms with E-state index >= 15 is 0 Å². The number of hydrogen-bond donors (Lipinski definition) is 1. The first-order valence-electron chi connectivity index (χ1n) is 9.48. The van der Waals surface area contributed by atoms with Gasteiger partial charge in [-0.05, 0) is 32.3 Å². The van der Waals surface area contributed by atoms with E-state index in [4.69, 9.17) is 14.2 Å². The maximum Gasteiger partial charge on any atom is 0.408 e. The van der Waals surface area contributed by atoms with Gasteiger partial charge in [0.1, 0.15) is 24.9 Å². The monoisotopic (exact) mass is 393 g/mol. The van der Waals surface area contributed by atoms with Gasteiger partial charge in [0.25, 0.3) is 0 Å². The SMILES string of the molecule is CC[C@H](C)[C@@H](NC(=O)OC(C)(C)C)C(=O)OCCC(=O)OCc1ccccc1. The zero-order chi connectivity index (χ0) is 21.2. The standard InChI is InChI=1S/C21H31NO6/c1-6-15(2)18(22-20(25)28-21(3,4)5)19(24)26-13-12-17(23)27-14-16-10-8-7-9-11-16/h7-11,15,18H,6,12-14H2,1-5H3,(H,22,25)/t15-,18+/m0/s1. The summed E-state index contributed by atoms with van der Waals surface area (Å²) in [7, 11) is 0. The highest BCUT2D eigenvalue weighted by molar-refractivity contribution is 5.82. The zero-order valence-electron chi connectivity index (χ0n) is 17.3. The van der Waals surface area contributed by atoms with Crippen molar-refractivity contribution in [3.8, 4) is 0 Å². The maximum absolute atomic E-state index is 12.4. The largest absolute Gasteiger partial charge is 0.464 e. The van der Waals surface area contributed by atoms with Crippen LogP contribution >= 0.6 is 0 Å².